The molecule has 1 rings (SSSR count). The molecule has 0 aliphatic rings. The Bertz CT molecular complexity index is 213. The van der Waals surface area contributed by atoms with Crippen LogP contribution in [0.5, 0.6) is 0 Å². The molecular formula is C9H14W. The third kappa shape index (κ3) is 1.32. The summed E-state index contributed by atoms with van der Waals surface area (Å²) in [5, 5.41) is 0. The van der Waals surface area contributed by atoms with Gasteiger partial charge in [0.2, 0.25) is 0 Å². The van der Waals surface area contributed by atoms with Crippen LogP contribution in [0.3, 0.4) is 0 Å². The van der Waals surface area contributed by atoms with E-state index in [1.807, 2.05) is 0 Å². The van der Waals surface area contributed by atoms with E-state index in [0.717, 1.165) is 11.8 Å². The van der Waals surface area contributed by atoms with Crippen LogP contribution in [0.2, 0.25) is 0 Å². The normalized spacial score (nSPS) is 12.2. The number of hydrogen-bond donors (Lipinski definition) is 0. The van der Waals surface area contributed by atoms with E-state index in [0.29, 0.717) is 0 Å². The Labute approximate surface area is 73.7 Å². The SMILES string of the molecule is CC(C)c1c(C(C)C)[c]1=[W]. The Morgan fingerprint density at radius 2 is 1.20 bits per heavy atom. The van der Waals surface area contributed by atoms with Crippen molar-refractivity contribution in [3.8, 4) is 0 Å². The molecule has 0 amide bonds. The second kappa shape index (κ2) is 2.74. The average Bonchev–Trinajstić information content (AvgIpc) is 2.40. The first-order chi connectivity index (χ1) is 4.55. The van der Waals surface area contributed by atoms with E-state index in [4.69, 9.17) is 0 Å². The Kier molecular flexibility index (Phi) is 2.30. The van der Waals surface area contributed by atoms with Gasteiger partial charge >= 0.3 is 73.6 Å². The molecule has 10 heavy (non-hydrogen) atoms. The molecule has 0 saturated carbocycles. The van der Waals surface area contributed by atoms with Crippen molar-refractivity contribution in [1.29, 1.82) is 0 Å². The zero-order chi connectivity index (χ0) is 7.89. The quantitative estimate of drug-likeness (QED) is 0.788. The molecule has 0 nitrogen and oxygen atoms in total. The van der Waals surface area contributed by atoms with Gasteiger partial charge in [-0.2, -0.15) is 0 Å². The van der Waals surface area contributed by atoms with E-state index in [1.165, 1.54) is 0 Å². The van der Waals surface area contributed by atoms with Gasteiger partial charge in [0.25, 0.3) is 0 Å². The maximum absolute atomic E-state index is 2.29. The third-order valence-electron chi connectivity index (χ3n) is 1.87. The first-order valence-electron chi connectivity index (χ1n) is 3.84. The van der Waals surface area contributed by atoms with Crippen molar-refractivity contribution in [2.75, 3.05) is 0 Å². The number of hydrogen-bond acceptors (Lipinski definition) is 0. The fraction of sp³-hybridized carbons (Fsp3) is 0.667. The number of rotatable bonds is 2. The molecule has 0 unspecified atom stereocenters. The predicted octanol–water partition coefficient (Wildman–Crippen LogP) is 2.89. The molecule has 0 atom stereocenters. The van der Waals surface area contributed by atoms with Crippen LogP contribution in [0.4, 0.5) is 0 Å². The summed E-state index contributed by atoms with van der Waals surface area (Å²) in [6.07, 6.45) is 0. The Morgan fingerprint density at radius 1 is 0.900 bits per heavy atom. The van der Waals surface area contributed by atoms with Crippen molar-refractivity contribution >= 4 is 0 Å². The van der Waals surface area contributed by atoms with E-state index in [9.17, 15) is 0 Å². The Balaban J connectivity index is 2.80. The molecule has 0 aliphatic heterocycles. The summed E-state index contributed by atoms with van der Waals surface area (Å²) in [6.45, 7) is 9.14. The fourth-order valence-corrected chi connectivity index (χ4v) is 3.65. The third-order valence-corrected chi connectivity index (χ3v) is 3.45. The second-order valence-electron chi connectivity index (χ2n) is 3.47. The van der Waals surface area contributed by atoms with Crippen molar-refractivity contribution < 1.29 is 19.4 Å². The summed E-state index contributed by atoms with van der Waals surface area (Å²) >= 11 is 1.65. The van der Waals surface area contributed by atoms with Gasteiger partial charge in [0.1, 0.15) is 0 Å². The first-order valence-corrected chi connectivity index (χ1v) is 5.31. The van der Waals surface area contributed by atoms with E-state index >= 15 is 0 Å². The van der Waals surface area contributed by atoms with Crippen LogP contribution in [-0.2, 0) is 19.4 Å². The van der Waals surface area contributed by atoms with Crippen LogP contribution in [-0.4, -0.2) is 0 Å². The molecule has 0 aliphatic carbocycles. The molecule has 56 valence electrons. The summed E-state index contributed by atoms with van der Waals surface area (Å²) in [5.74, 6) is 1.54. The molecule has 1 aromatic rings. The molecule has 1 aromatic carbocycles. The Hall–Kier alpha value is 0.298. The van der Waals surface area contributed by atoms with Gasteiger partial charge in [-0.15, -0.1) is 0 Å². The van der Waals surface area contributed by atoms with Crippen LogP contribution in [0, 0.1) is 3.54 Å². The van der Waals surface area contributed by atoms with Crippen LogP contribution >= 0.6 is 0 Å². The van der Waals surface area contributed by atoms with Crippen LogP contribution < -0.4 is 0 Å². The van der Waals surface area contributed by atoms with Crippen molar-refractivity contribution in [3.63, 3.8) is 0 Å². The monoisotopic (exact) mass is 306 g/mol. The van der Waals surface area contributed by atoms with Crippen molar-refractivity contribution in [2.45, 2.75) is 39.5 Å². The summed E-state index contributed by atoms with van der Waals surface area (Å²) in [6, 6.07) is 0. The van der Waals surface area contributed by atoms with E-state index in [-0.39, 0.29) is 0 Å². The molecule has 0 fully saturated rings. The summed E-state index contributed by atoms with van der Waals surface area (Å²) in [5.41, 5.74) is 3.34. The molecule has 0 N–H and O–H groups in total. The summed E-state index contributed by atoms with van der Waals surface area (Å²) < 4.78 is 1.66. The molecule has 0 radical (unpaired) electrons. The zero-order valence-electron chi connectivity index (χ0n) is 7.06. The summed E-state index contributed by atoms with van der Waals surface area (Å²) in [7, 11) is 0. The van der Waals surface area contributed by atoms with Gasteiger partial charge in [-0.3, -0.25) is 0 Å². The van der Waals surface area contributed by atoms with Gasteiger partial charge in [0.15, 0.2) is 0 Å². The molecule has 1 heteroatoms. The van der Waals surface area contributed by atoms with Crippen LogP contribution in [0.25, 0.3) is 0 Å². The molecule has 0 saturated heterocycles. The van der Waals surface area contributed by atoms with Crippen molar-refractivity contribution in [2.24, 2.45) is 0 Å². The van der Waals surface area contributed by atoms with E-state index in [1.54, 1.807) is 34.0 Å². The van der Waals surface area contributed by atoms with Gasteiger partial charge in [-0.05, 0) is 0 Å². The predicted molar refractivity (Wildman–Crippen MR) is 40.2 cm³/mol. The van der Waals surface area contributed by atoms with Gasteiger partial charge in [-0.1, -0.05) is 0 Å². The molecule has 0 bridgehead atoms. The Morgan fingerprint density at radius 3 is 1.30 bits per heavy atom. The van der Waals surface area contributed by atoms with Crippen LogP contribution in [0.1, 0.15) is 50.7 Å². The molecule has 0 spiro atoms. The zero-order valence-corrected chi connectivity index (χ0v) is 10.00. The van der Waals surface area contributed by atoms with Crippen molar-refractivity contribution in [1.82, 2.24) is 0 Å². The molecule has 0 heterocycles. The van der Waals surface area contributed by atoms with Gasteiger partial charge in [0, 0.05) is 0 Å². The fourth-order valence-electron chi connectivity index (χ4n) is 1.34. The maximum atomic E-state index is 2.29. The van der Waals surface area contributed by atoms with E-state index in [2.05, 4.69) is 27.7 Å². The first kappa shape index (κ1) is 8.40. The van der Waals surface area contributed by atoms with Gasteiger partial charge in [0.05, 0.1) is 0 Å². The van der Waals surface area contributed by atoms with Gasteiger partial charge in [-0.25, -0.2) is 0 Å². The second-order valence-corrected chi connectivity index (χ2v) is 4.93. The summed E-state index contributed by atoms with van der Waals surface area (Å²) in [4.78, 5) is 0. The average molecular weight is 306 g/mol. The minimum absolute atomic E-state index is 0.768. The molecular weight excluding hydrogens is 292 g/mol. The van der Waals surface area contributed by atoms with E-state index < -0.39 is 0 Å². The molecule has 0 aromatic heterocycles. The standard InChI is InChI=1S/C9H14.W/c1-6(2)8-5-9(8)7(3)4;/h6-7H,1-4H3;. The topological polar surface area (TPSA) is 0 Å². The van der Waals surface area contributed by atoms with Crippen molar-refractivity contribution in [3.05, 3.63) is 14.7 Å². The van der Waals surface area contributed by atoms with Crippen LogP contribution in [0.15, 0.2) is 0 Å². The minimum atomic E-state index is 0.768. The van der Waals surface area contributed by atoms with Gasteiger partial charge < -0.3 is 0 Å².